The number of aryl methyl sites for hydroxylation is 1. The number of amides is 1. The lowest BCUT2D eigenvalue weighted by atomic mass is 9.81. The number of aromatic nitrogens is 1. The lowest BCUT2D eigenvalue weighted by molar-refractivity contribution is -0.144. The number of rotatable bonds is 6. The van der Waals surface area contributed by atoms with Crippen LogP contribution in [0.25, 0.3) is 0 Å². The molecule has 0 aliphatic carbocycles. The molecule has 2 rings (SSSR count). The fourth-order valence-corrected chi connectivity index (χ4v) is 3.91. The van der Waals surface area contributed by atoms with Crippen LogP contribution in [0, 0.1) is 12.3 Å². The molecular formula is C16H28N4OS. The number of thiazole rings is 1. The van der Waals surface area contributed by atoms with Gasteiger partial charge in [0, 0.05) is 50.3 Å². The van der Waals surface area contributed by atoms with Crippen LogP contribution in [0.1, 0.15) is 36.6 Å². The van der Waals surface area contributed by atoms with Crippen molar-refractivity contribution in [1.82, 2.24) is 14.8 Å². The SMILES string of the molecule is CCC(CC)(CN)C(=O)N1CCN(Cc2cnc(C)s2)CC1. The Balaban J connectivity index is 1.90. The first-order valence-electron chi connectivity index (χ1n) is 8.17. The molecule has 0 atom stereocenters. The Bertz CT molecular complexity index is 482. The number of carbonyl (C=O) groups is 1. The molecule has 6 heteroatoms. The Morgan fingerprint density at radius 2 is 1.95 bits per heavy atom. The molecule has 1 aliphatic rings. The molecule has 1 fully saturated rings. The predicted molar refractivity (Wildman–Crippen MR) is 90.8 cm³/mol. The van der Waals surface area contributed by atoms with E-state index in [0.717, 1.165) is 50.6 Å². The molecule has 124 valence electrons. The summed E-state index contributed by atoms with van der Waals surface area (Å²) in [7, 11) is 0. The van der Waals surface area contributed by atoms with E-state index in [1.807, 2.05) is 18.0 Å². The van der Waals surface area contributed by atoms with Crippen molar-refractivity contribution in [2.75, 3.05) is 32.7 Å². The van der Waals surface area contributed by atoms with E-state index < -0.39 is 0 Å². The summed E-state index contributed by atoms with van der Waals surface area (Å²) in [6.07, 6.45) is 3.60. The van der Waals surface area contributed by atoms with E-state index in [0.29, 0.717) is 6.54 Å². The lowest BCUT2D eigenvalue weighted by Gasteiger charge is -2.40. The van der Waals surface area contributed by atoms with Gasteiger partial charge in [-0.05, 0) is 19.8 Å². The zero-order valence-corrected chi connectivity index (χ0v) is 14.8. The van der Waals surface area contributed by atoms with Crippen molar-refractivity contribution in [1.29, 1.82) is 0 Å². The highest BCUT2D eigenvalue weighted by molar-refractivity contribution is 7.11. The van der Waals surface area contributed by atoms with Gasteiger partial charge in [-0.2, -0.15) is 0 Å². The Morgan fingerprint density at radius 3 is 2.41 bits per heavy atom. The van der Waals surface area contributed by atoms with Crippen LogP contribution in [0.4, 0.5) is 0 Å². The third kappa shape index (κ3) is 3.67. The molecule has 0 aromatic carbocycles. The first-order valence-corrected chi connectivity index (χ1v) is 8.99. The first-order chi connectivity index (χ1) is 10.5. The summed E-state index contributed by atoms with van der Waals surface area (Å²) >= 11 is 1.75. The molecule has 0 saturated carbocycles. The maximum absolute atomic E-state index is 12.8. The van der Waals surface area contributed by atoms with Crippen LogP contribution >= 0.6 is 11.3 Å². The maximum Gasteiger partial charge on any atom is 0.230 e. The highest BCUT2D eigenvalue weighted by Crippen LogP contribution is 2.28. The molecule has 0 unspecified atom stereocenters. The highest BCUT2D eigenvalue weighted by Gasteiger charge is 2.37. The van der Waals surface area contributed by atoms with E-state index >= 15 is 0 Å². The second kappa shape index (κ2) is 7.53. The molecule has 2 heterocycles. The highest BCUT2D eigenvalue weighted by atomic mass is 32.1. The van der Waals surface area contributed by atoms with Crippen LogP contribution in [-0.2, 0) is 11.3 Å². The summed E-state index contributed by atoms with van der Waals surface area (Å²) in [5.74, 6) is 0.244. The quantitative estimate of drug-likeness (QED) is 0.867. The van der Waals surface area contributed by atoms with Gasteiger partial charge in [-0.15, -0.1) is 11.3 Å². The lowest BCUT2D eigenvalue weighted by Crippen LogP contribution is -2.54. The Morgan fingerprint density at radius 1 is 1.32 bits per heavy atom. The minimum atomic E-state index is -0.364. The zero-order chi connectivity index (χ0) is 16.2. The van der Waals surface area contributed by atoms with Crippen molar-refractivity contribution in [3.63, 3.8) is 0 Å². The number of nitrogens with two attached hydrogens (primary N) is 1. The number of hydrogen-bond acceptors (Lipinski definition) is 5. The van der Waals surface area contributed by atoms with Crippen molar-refractivity contribution in [2.24, 2.45) is 11.1 Å². The van der Waals surface area contributed by atoms with E-state index in [-0.39, 0.29) is 11.3 Å². The second-order valence-corrected chi connectivity index (χ2v) is 7.42. The van der Waals surface area contributed by atoms with Crippen LogP contribution in [0.5, 0.6) is 0 Å². The van der Waals surface area contributed by atoms with Gasteiger partial charge >= 0.3 is 0 Å². The molecule has 1 aliphatic heterocycles. The van der Waals surface area contributed by atoms with Crippen molar-refractivity contribution >= 4 is 17.2 Å². The van der Waals surface area contributed by atoms with Gasteiger partial charge in [0.15, 0.2) is 0 Å². The van der Waals surface area contributed by atoms with Crippen molar-refractivity contribution in [3.8, 4) is 0 Å². The fraction of sp³-hybridized carbons (Fsp3) is 0.750. The third-order valence-electron chi connectivity index (χ3n) is 4.91. The number of nitrogens with zero attached hydrogens (tertiary/aromatic N) is 3. The Labute approximate surface area is 137 Å². The zero-order valence-electron chi connectivity index (χ0n) is 14.0. The van der Waals surface area contributed by atoms with Gasteiger partial charge in [-0.3, -0.25) is 9.69 Å². The standard InChI is InChI=1S/C16H28N4OS/c1-4-16(5-2,12-17)15(21)20-8-6-19(7-9-20)11-14-10-18-13(3)22-14/h10H,4-9,11-12,17H2,1-3H3. The van der Waals surface area contributed by atoms with Crippen molar-refractivity contribution in [2.45, 2.75) is 40.2 Å². The second-order valence-electron chi connectivity index (χ2n) is 6.11. The monoisotopic (exact) mass is 324 g/mol. The molecule has 22 heavy (non-hydrogen) atoms. The van der Waals surface area contributed by atoms with E-state index in [2.05, 4.69) is 23.7 Å². The van der Waals surface area contributed by atoms with Gasteiger partial charge < -0.3 is 10.6 Å². The minimum Gasteiger partial charge on any atom is -0.340 e. The summed E-state index contributed by atoms with van der Waals surface area (Å²) < 4.78 is 0. The topological polar surface area (TPSA) is 62.5 Å². The van der Waals surface area contributed by atoms with Crippen LogP contribution in [0.3, 0.4) is 0 Å². The number of piperazine rings is 1. The smallest absolute Gasteiger partial charge is 0.230 e. The van der Waals surface area contributed by atoms with Gasteiger partial charge in [0.1, 0.15) is 0 Å². The van der Waals surface area contributed by atoms with Gasteiger partial charge in [0.2, 0.25) is 5.91 Å². The minimum absolute atomic E-state index is 0.244. The molecule has 0 bridgehead atoms. The van der Waals surface area contributed by atoms with Crippen LogP contribution in [-0.4, -0.2) is 53.4 Å². The number of hydrogen-bond donors (Lipinski definition) is 1. The predicted octanol–water partition coefficient (Wildman–Crippen LogP) is 1.86. The van der Waals surface area contributed by atoms with Gasteiger partial charge in [0.25, 0.3) is 0 Å². The number of carbonyl (C=O) groups excluding carboxylic acids is 1. The summed E-state index contributed by atoms with van der Waals surface area (Å²) in [5.41, 5.74) is 5.54. The summed E-state index contributed by atoms with van der Waals surface area (Å²) in [6, 6.07) is 0. The molecule has 0 spiro atoms. The molecule has 1 amide bonds. The molecule has 2 N–H and O–H groups in total. The summed E-state index contributed by atoms with van der Waals surface area (Å²) in [4.78, 5) is 22.8. The molecule has 0 radical (unpaired) electrons. The van der Waals surface area contributed by atoms with E-state index in [1.54, 1.807) is 11.3 Å². The maximum atomic E-state index is 12.8. The van der Waals surface area contributed by atoms with Gasteiger partial charge in [0.05, 0.1) is 10.4 Å². The molecule has 5 nitrogen and oxygen atoms in total. The van der Waals surface area contributed by atoms with Crippen LogP contribution < -0.4 is 5.73 Å². The third-order valence-corrected chi connectivity index (χ3v) is 5.80. The molecule has 1 saturated heterocycles. The summed E-state index contributed by atoms with van der Waals surface area (Å²) in [5, 5.41) is 1.11. The molecule has 1 aromatic heterocycles. The summed E-state index contributed by atoms with van der Waals surface area (Å²) in [6.45, 7) is 11.0. The normalized spacial score (nSPS) is 17.0. The largest absolute Gasteiger partial charge is 0.340 e. The van der Waals surface area contributed by atoms with Gasteiger partial charge in [-0.25, -0.2) is 4.98 Å². The molecular weight excluding hydrogens is 296 g/mol. The fourth-order valence-electron chi connectivity index (χ4n) is 3.07. The Kier molecular flexibility index (Phi) is 5.94. The molecule has 1 aromatic rings. The Hall–Kier alpha value is -0.980. The van der Waals surface area contributed by atoms with Crippen molar-refractivity contribution in [3.05, 3.63) is 16.1 Å². The van der Waals surface area contributed by atoms with Crippen LogP contribution in [0.15, 0.2) is 6.20 Å². The van der Waals surface area contributed by atoms with Crippen molar-refractivity contribution < 1.29 is 4.79 Å². The average molecular weight is 324 g/mol. The average Bonchev–Trinajstić information content (AvgIpc) is 2.95. The van der Waals surface area contributed by atoms with E-state index in [1.165, 1.54) is 4.88 Å². The van der Waals surface area contributed by atoms with Crippen LogP contribution in [0.2, 0.25) is 0 Å². The first kappa shape index (κ1) is 17.4. The van der Waals surface area contributed by atoms with Gasteiger partial charge in [-0.1, -0.05) is 13.8 Å². The van der Waals surface area contributed by atoms with E-state index in [4.69, 9.17) is 5.73 Å². The van der Waals surface area contributed by atoms with E-state index in [9.17, 15) is 4.79 Å².